The lowest BCUT2D eigenvalue weighted by molar-refractivity contribution is -0.137. The molecule has 0 radical (unpaired) electrons. The molecule has 0 bridgehead atoms. The van der Waals surface area contributed by atoms with Crippen molar-refractivity contribution in [2.45, 2.75) is 6.18 Å². The van der Waals surface area contributed by atoms with Gasteiger partial charge < -0.3 is 4.98 Å². The fourth-order valence-corrected chi connectivity index (χ4v) is 1.83. The van der Waals surface area contributed by atoms with Gasteiger partial charge in [0, 0.05) is 18.0 Å². The van der Waals surface area contributed by atoms with E-state index in [2.05, 4.69) is 15.0 Å². The van der Waals surface area contributed by atoms with Crippen molar-refractivity contribution in [3.05, 3.63) is 48.3 Å². The first-order chi connectivity index (χ1) is 9.04. The molecule has 0 spiro atoms. The van der Waals surface area contributed by atoms with E-state index in [0.717, 1.165) is 17.7 Å². The molecule has 0 unspecified atom stereocenters. The Bertz CT molecular complexity index is 717. The molecule has 1 N–H and O–H groups in total. The number of rotatable bonds is 1. The van der Waals surface area contributed by atoms with Gasteiger partial charge in [-0.3, -0.25) is 4.98 Å². The molecular formula is C13H8F3N3. The third-order valence-electron chi connectivity index (χ3n) is 2.76. The van der Waals surface area contributed by atoms with Crippen molar-refractivity contribution in [1.82, 2.24) is 15.0 Å². The van der Waals surface area contributed by atoms with Gasteiger partial charge >= 0.3 is 6.18 Å². The van der Waals surface area contributed by atoms with Gasteiger partial charge in [-0.1, -0.05) is 0 Å². The molecule has 3 aromatic rings. The van der Waals surface area contributed by atoms with E-state index in [9.17, 15) is 13.2 Å². The van der Waals surface area contributed by atoms with Gasteiger partial charge in [-0.25, -0.2) is 4.98 Å². The van der Waals surface area contributed by atoms with Crippen LogP contribution in [0.15, 0.2) is 42.7 Å². The summed E-state index contributed by atoms with van der Waals surface area (Å²) in [5.41, 5.74) is 0.939. The van der Waals surface area contributed by atoms with E-state index in [-0.39, 0.29) is 0 Å². The number of imidazole rings is 1. The van der Waals surface area contributed by atoms with Crippen LogP contribution in [0.5, 0.6) is 0 Å². The molecule has 0 saturated heterocycles. The van der Waals surface area contributed by atoms with Crippen LogP contribution in [-0.4, -0.2) is 15.0 Å². The first kappa shape index (κ1) is 11.7. The number of nitrogens with zero attached hydrogens (tertiary/aromatic N) is 2. The van der Waals surface area contributed by atoms with E-state index < -0.39 is 11.7 Å². The third-order valence-corrected chi connectivity index (χ3v) is 2.76. The molecule has 0 atom stereocenters. The molecule has 0 aliphatic rings. The summed E-state index contributed by atoms with van der Waals surface area (Å²) in [4.78, 5) is 11.0. The maximum atomic E-state index is 12.6. The van der Waals surface area contributed by atoms with Gasteiger partial charge in [-0.05, 0) is 30.3 Å². The topological polar surface area (TPSA) is 41.6 Å². The molecular weight excluding hydrogens is 255 g/mol. The lowest BCUT2D eigenvalue weighted by atomic mass is 10.2. The maximum Gasteiger partial charge on any atom is 0.416 e. The average molecular weight is 263 g/mol. The van der Waals surface area contributed by atoms with Crippen LogP contribution in [0, 0.1) is 0 Å². The number of halogens is 3. The molecule has 6 heteroatoms. The number of aromatic amines is 1. The third kappa shape index (κ3) is 2.16. The quantitative estimate of drug-likeness (QED) is 0.728. The largest absolute Gasteiger partial charge is 0.416 e. The van der Waals surface area contributed by atoms with Crippen molar-refractivity contribution >= 4 is 11.0 Å². The molecule has 19 heavy (non-hydrogen) atoms. The zero-order valence-electron chi connectivity index (χ0n) is 9.57. The summed E-state index contributed by atoms with van der Waals surface area (Å²) in [5, 5.41) is 0. The number of aromatic nitrogens is 3. The van der Waals surface area contributed by atoms with Gasteiger partial charge in [0.05, 0.1) is 16.6 Å². The van der Waals surface area contributed by atoms with Crippen LogP contribution in [0.3, 0.4) is 0 Å². The molecule has 0 saturated carbocycles. The van der Waals surface area contributed by atoms with Gasteiger partial charge in [0.25, 0.3) is 0 Å². The Balaban J connectivity index is 2.12. The van der Waals surface area contributed by atoms with Gasteiger partial charge in [0.2, 0.25) is 0 Å². The van der Waals surface area contributed by atoms with Crippen LogP contribution in [0.1, 0.15) is 5.56 Å². The summed E-state index contributed by atoms with van der Waals surface area (Å²) in [6.45, 7) is 0. The summed E-state index contributed by atoms with van der Waals surface area (Å²) in [6.07, 6.45) is -1.16. The molecule has 0 aliphatic heterocycles. The van der Waals surface area contributed by atoms with E-state index in [1.165, 1.54) is 6.07 Å². The van der Waals surface area contributed by atoms with Gasteiger partial charge in [-0.15, -0.1) is 0 Å². The highest BCUT2D eigenvalue weighted by molar-refractivity contribution is 5.80. The minimum atomic E-state index is -4.36. The molecule has 3 nitrogen and oxygen atoms in total. The molecule has 2 heterocycles. The van der Waals surface area contributed by atoms with Crippen LogP contribution < -0.4 is 0 Å². The zero-order chi connectivity index (χ0) is 13.5. The zero-order valence-corrected chi connectivity index (χ0v) is 9.57. The van der Waals surface area contributed by atoms with E-state index in [4.69, 9.17) is 0 Å². The highest BCUT2D eigenvalue weighted by atomic mass is 19.4. The number of fused-ring (bicyclic) bond motifs is 1. The number of hydrogen-bond acceptors (Lipinski definition) is 2. The fourth-order valence-electron chi connectivity index (χ4n) is 1.83. The van der Waals surface area contributed by atoms with E-state index >= 15 is 0 Å². The van der Waals surface area contributed by atoms with Crippen molar-refractivity contribution in [2.75, 3.05) is 0 Å². The molecule has 0 fully saturated rings. The molecule has 1 aromatic carbocycles. The molecule has 96 valence electrons. The average Bonchev–Trinajstić information content (AvgIpc) is 2.81. The van der Waals surface area contributed by atoms with Crippen LogP contribution in [-0.2, 0) is 6.18 Å². The number of nitrogens with one attached hydrogen (secondary N) is 1. The Morgan fingerprint density at radius 3 is 2.42 bits per heavy atom. The normalized spacial score (nSPS) is 11.9. The second kappa shape index (κ2) is 4.08. The first-order valence-corrected chi connectivity index (χ1v) is 5.51. The summed E-state index contributed by atoms with van der Waals surface area (Å²) in [7, 11) is 0. The van der Waals surface area contributed by atoms with Gasteiger partial charge in [-0.2, -0.15) is 13.2 Å². The highest BCUT2D eigenvalue weighted by Crippen LogP contribution is 2.31. The predicted molar refractivity (Wildman–Crippen MR) is 64.3 cm³/mol. The van der Waals surface area contributed by atoms with Crippen molar-refractivity contribution in [1.29, 1.82) is 0 Å². The number of alkyl halides is 3. The second-order valence-electron chi connectivity index (χ2n) is 4.05. The number of benzene rings is 1. The minimum Gasteiger partial charge on any atom is -0.338 e. The molecule has 0 aliphatic carbocycles. The van der Waals surface area contributed by atoms with Crippen molar-refractivity contribution < 1.29 is 13.2 Å². The maximum absolute atomic E-state index is 12.6. The lowest BCUT2D eigenvalue weighted by Crippen LogP contribution is -2.04. The van der Waals surface area contributed by atoms with Crippen molar-refractivity contribution in [3.63, 3.8) is 0 Å². The van der Waals surface area contributed by atoms with Gasteiger partial charge in [0.1, 0.15) is 5.82 Å². The summed E-state index contributed by atoms with van der Waals surface area (Å²) >= 11 is 0. The Labute approximate surface area is 106 Å². The van der Waals surface area contributed by atoms with Crippen molar-refractivity contribution in [3.8, 4) is 11.4 Å². The molecule has 0 amide bonds. The Morgan fingerprint density at radius 2 is 1.74 bits per heavy atom. The predicted octanol–water partition coefficient (Wildman–Crippen LogP) is 3.64. The van der Waals surface area contributed by atoms with Gasteiger partial charge in [0.15, 0.2) is 0 Å². The van der Waals surface area contributed by atoms with Crippen LogP contribution in [0.2, 0.25) is 0 Å². The van der Waals surface area contributed by atoms with Crippen molar-refractivity contribution in [2.24, 2.45) is 0 Å². The standard InChI is InChI=1S/C13H8F3N3/c14-13(15,16)9-1-2-10-11(7-9)19-12(18-10)8-3-5-17-6-4-8/h1-7H,(H,18,19). The fraction of sp³-hybridized carbons (Fsp3) is 0.0769. The molecule has 2 aromatic heterocycles. The van der Waals surface area contributed by atoms with E-state index in [1.54, 1.807) is 24.5 Å². The van der Waals surface area contributed by atoms with Crippen LogP contribution in [0.4, 0.5) is 13.2 Å². The second-order valence-corrected chi connectivity index (χ2v) is 4.05. The lowest BCUT2D eigenvalue weighted by Gasteiger charge is -2.04. The summed E-state index contributed by atoms with van der Waals surface area (Å²) in [6, 6.07) is 6.94. The Morgan fingerprint density at radius 1 is 1.00 bits per heavy atom. The Hall–Kier alpha value is -2.37. The summed E-state index contributed by atoms with van der Waals surface area (Å²) < 4.78 is 37.8. The highest BCUT2D eigenvalue weighted by Gasteiger charge is 2.30. The first-order valence-electron chi connectivity index (χ1n) is 5.51. The molecule has 3 rings (SSSR count). The van der Waals surface area contributed by atoms with E-state index in [0.29, 0.717) is 16.9 Å². The van der Waals surface area contributed by atoms with E-state index in [1.807, 2.05) is 0 Å². The summed E-state index contributed by atoms with van der Waals surface area (Å²) in [5.74, 6) is 0.525. The number of pyridine rings is 1. The monoisotopic (exact) mass is 263 g/mol. The number of H-pyrrole nitrogens is 1. The minimum absolute atomic E-state index is 0.293. The Kier molecular flexibility index (Phi) is 2.51. The number of hydrogen-bond donors (Lipinski definition) is 1. The van der Waals surface area contributed by atoms with Crippen LogP contribution >= 0.6 is 0 Å². The van der Waals surface area contributed by atoms with Crippen LogP contribution in [0.25, 0.3) is 22.4 Å². The smallest absolute Gasteiger partial charge is 0.338 e. The SMILES string of the molecule is FC(F)(F)c1ccc2[nH]c(-c3ccncc3)nc2c1.